The maximum atomic E-state index is 12.2. The number of aromatic amines is 1. The Kier molecular flexibility index (Phi) is 4.07. The van der Waals surface area contributed by atoms with Crippen molar-refractivity contribution in [3.05, 3.63) is 34.2 Å². The van der Waals surface area contributed by atoms with Gasteiger partial charge in [0.25, 0.3) is 5.91 Å². The number of carbonyl (C=O) groups excluding carboxylic acids is 1. The van der Waals surface area contributed by atoms with Crippen LogP contribution in [0.3, 0.4) is 0 Å². The second kappa shape index (κ2) is 5.57. The van der Waals surface area contributed by atoms with Gasteiger partial charge in [-0.1, -0.05) is 6.07 Å². The molecule has 0 saturated carbocycles. The van der Waals surface area contributed by atoms with E-state index in [0.717, 1.165) is 12.8 Å². The van der Waals surface area contributed by atoms with Crippen molar-refractivity contribution in [3.8, 4) is 0 Å². The number of pyridine rings is 1. The number of alkyl halides is 1. The number of halogens is 1. The molecule has 1 aliphatic heterocycles. The molecule has 1 aromatic rings. The summed E-state index contributed by atoms with van der Waals surface area (Å²) in [5, 5.41) is 0.152. The molecule has 98 valence electrons. The summed E-state index contributed by atoms with van der Waals surface area (Å²) in [4.78, 5) is 27.7. The van der Waals surface area contributed by atoms with Gasteiger partial charge in [-0.05, 0) is 31.7 Å². The number of H-pyrrole nitrogens is 1. The molecule has 0 spiro atoms. The third-order valence-corrected chi connectivity index (χ3v) is 3.83. The van der Waals surface area contributed by atoms with Crippen LogP contribution in [0.1, 0.15) is 30.3 Å². The fourth-order valence-corrected chi connectivity index (χ4v) is 2.56. The van der Waals surface area contributed by atoms with Gasteiger partial charge >= 0.3 is 0 Å². The first-order valence-electron chi connectivity index (χ1n) is 6.20. The molecule has 1 fully saturated rings. The SMILES string of the molecule is CC(Cl)C1CCN(C(=O)c2cccc(=O)[nH]2)CC1. The van der Waals surface area contributed by atoms with Gasteiger partial charge in [0.05, 0.1) is 0 Å². The summed E-state index contributed by atoms with van der Waals surface area (Å²) in [6.45, 7) is 3.41. The number of amides is 1. The summed E-state index contributed by atoms with van der Waals surface area (Å²) in [7, 11) is 0. The first-order valence-corrected chi connectivity index (χ1v) is 6.64. The molecule has 0 aromatic carbocycles. The van der Waals surface area contributed by atoms with Gasteiger partial charge in [-0.2, -0.15) is 0 Å². The topological polar surface area (TPSA) is 53.2 Å². The number of aromatic nitrogens is 1. The lowest BCUT2D eigenvalue weighted by Crippen LogP contribution is -2.40. The number of piperidine rings is 1. The van der Waals surface area contributed by atoms with Crippen molar-refractivity contribution in [2.24, 2.45) is 5.92 Å². The molecular weight excluding hydrogens is 252 g/mol. The van der Waals surface area contributed by atoms with Crippen molar-refractivity contribution < 1.29 is 4.79 Å². The molecule has 0 bridgehead atoms. The van der Waals surface area contributed by atoms with Crippen molar-refractivity contribution in [2.45, 2.75) is 25.1 Å². The van der Waals surface area contributed by atoms with Crippen molar-refractivity contribution in [2.75, 3.05) is 13.1 Å². The van der Waals surface area contributed by atoms with Crippen molar-refractivity contribution in [1.29, 1.82) is 0 Å². The molecule has 1 aromatic heterocycles. The van der Waals surface area contributed by atoms with Gasteiger partial charge in [-0.25, -0.2) is 0 Å². The monoisotopic (exact) mass is 268 g/mol. The number of nitrogens with zero attached hydrogens (tertiary/aromatic N) is 1. The van der Waals surface area contributed by atoms with Crippen molar-refractivity contribution in [1.82, 2.24) is 9.88 Å². The van der Waals surface area contributed by atoms with E-state index in [1.807, 2.05) is 6.92 Å². The molecule has 18 heavy (non-hydrogen) atoms. The Morgan fingerprint density at radius 3 is 2.67 bits per heavy atom. The van der Waals surface area contributed by atoms with Gasteiger partial charge in [0.2, 0.25) is 5.56 Å². The lowest BCUT2D eigenvalue weighted by Gasteiger charge is -2.33. The van der Waals surface area contributed by atoms with E-state index in [1.165, 1.54) is 6.07 Å². The molecule has 0 aliphatic carbocycles. The smallest absolute Gasteiger partial charge is 0.270 e. The van der Waals surface area contributed by atoms with Crippen LogP contribution in [0.5, 0.6) is 0 Å². The predicted octanol–water partition coefficient (Wildman–Crippen LogP) is 1.85. The highest BCUT2D eigenvalue weighted by molar-refractivity contribution is 6.20. The summed E-state index contributed by atoms with van der Waals surface area (Å²) in [6, 6.07) is 4.64. The minimum Gasteiger partial charge on any atom is -0.337 e. The maximum Gasteiger partial charge on any atom is 0.270 e. The first-order chi connectivity index (χ1) is 8.58. The van der Waals surface area contributed by atoms with Crippen LogP contribution in [0, 0.1) is 5.92 Å². The number of hydrogen-bond acceptors (Lipinski definition) is 2. The average molecular weight is 269 g/mol. The molecule has 0 radical (unpaired) electrons. The number of hydrogen-bond donors (Lipinski definition) is 1. The Morgan fingerprint density at radius 2 is 2.11 bits per heavy atom. The molecule has 2 heterocycles. The molecule has 5 heteroatoms. The van der Waals surface area contributed by atoms with Gasteiger partial charge in [0, 0.05) is 24.5 Å². The van der Waals surface area contributed by atoms with Gasteiger partial charge in [-0.15, -0.1) is 11.6 Å². The molecule has 1 atom stereocenters. The minimum atomic E-state index is -0.245. The number of likely N-dealkylation sites (tertiary alicyclic amines) is 1. The average Bonchev–Trinajstić information content (AvgIpc) is 2.38. The van der Waals surface area contributed by atoms with E-state index in [2.05, 4.69) is 4.98 Å². The Morgan fingerprint density at radius 1 is 1.44 bits per heavy atom. The Hall–Kier alpha value is -1.29. The minimum absolute atomic E-state index is 0.103. The van der Waals surface area contributed by atoms with E-state index in [9.17, 15) is 9.59 Å². The van der Waals surface area contributed by atoms with Crippen LogP contribution in [-0.2, 0) is 0 Å². The summed E-state index contributed by atoms with van der Waals surface area (Å²) in [5.74, 6) is 0.374. The number of nitrogens with one attached hydrogen (secondary N) is 1. The first kappa shape index (κ1) is 13.1. The van der Waals surface area contributed by atoms with Crippen molar-refractivity contribution >= 4 is 17.5 Å². The largest absolute Gasteiger partial charge is 0.337 e. The summed E-state index contributed by atoms with van der Waals surface area (Å²) in [6.07, 6.45) is 1.85. The van der Waals surface area contributed by atoms with E-state index >= 15 is 0 Å². The molecule has 1 unspecified atom stereocenters. The molecule has 1 saturated heterocycles. The second-order valence-corrected chi connectivity index (χ2v) is 5.42. The Bertz CT molecular complexity index is 476. The maximum absolute atomic E-state index is 12.2. The normalized spacial score (nSPS) is 18.7. The fraction of sp³-hybridized carbons (Fsp3) is 0.538. The summed E-state index contributed by atoms with van der Waals surface area (Å²) >= 11 is 6.07. The van der Waals surface area contributed by atoms with E-state index in [4.69, 9.17) is 11.6 Å². The second-order valence-electron chi connectivity index (χ2n) is 4.74. The van der Waals surface area contributed by atoms with Crippen LogP contribution >= 0.6 is 11.6 Å². The number of rotatable bonds is 2. The zero-order valence-electron chi connectivity index (χ0n) is 10.4. The lowest BCUT2D eigenvalue weighted by molar-refractivity contribution is 0.0684. The quantitative estimate of drug-likeness (QED) is 0.833. The Balaban J connectivity index is 2.02. The zero-order chi connectivity index (χ0) is 13.1. The third kappa shape index (κ3) is 2.93. The number of carbonyl (C=O) groups is 1. The van der Waals surface area contributed by atoms with Crippen LogP contribution < -0.4 is 5.56 Å². The van der Waals surface area contributed by atoms with Crippen LogP contribution in [0.2, 0.25) is 0 Å². The van der Waals surface area contributed by atoms with Gasteiger partial charge in [0.1, 0.15) is 5.69 Å². The molecule has 1 N–H and O–H groups in total. The van der Waals surface area contributed by atoms with Crippen molar-refractivity contribution in [3.63, 3.8) is 0 Å². The van der Waals surface area contributed by atoms with E-state index in [-0.39, 0.29) is 16.8 Å². The molecule has 4 nitrogen and oxygen atoms in total. The van der Waals surface area contributed by atoms with Crippen LogP contribution in [0.4, 0.5) is 0 Å². The molecule has 1 aliphatic rings. The highest BCUT2D eigenvalue weighted by Crippen LogP contribution is 2.24. The third-order valence-electron chi connectivity index (χ3n) is 3.48. The zero-order valence-corrected chi connectivity index (χ0v) is 11.1. The molecule has 1 amide bonds. The standard InChI is InChI=1S/C13H17ClN2O2/c1-9(14)10-5-7-16(8-6-10)13(18)11-3-2-4-12(17)15-11/h2-4,9-10H,5-8H2,1H3,(H,15,17). The molecule has 2 rings (SSSR count). The van der Waals surface area contributed by atoms with E-state index in [1.54, 1.807) is 17.0 Å². The van der Waals surface area contributed by atoms with Gasteiger partial charge < -0.3 is 9.88 Å². The summed E-state index contributed by atoms with van der Waals surface area (Å²) < 4.78 is 0. The van der Waals surface area contributed by atoms with Gasteiger partial charge in [-0.3, -0.25) is 9.59 Å². The van der Waals surface area contributed by atoms with Crippen LogP contribution in [0.15, 0.2) is 23.0 Å². The van der Waals surface area contributed by atoms with Crippen LogP contribution in [-0.4, -0.2) is 34.3 Å². The van der Waals surface area contributed by atoms with E-state index < -0.39 is 0 Å². The predicted molar refractivity (Wildman–Crippen MR) is 71.0 cm³/mol. The fourth-order valence-electron chi connectivity index (χ4n) is 2.30. The summed E-state index contributed by atoms with van der Waals surface area (Å²) in [5.41, 5.74) is 0.116. The lowest BCUT2D eigenvalue weighted by atomic mass is 9.94. The molecular formula is C13H17ClN2O2. The Labute approximate surface area is 111 Å². The van der Waals surface area contributed by atoms with Crippen LogP contribution in [0.25, 0.3) is 0 Å². The highest BCUT2D eigenvalue weighted by atomic mass is 35.5. The highest BCUT2D eigenvalue weighted by Gasteiger charge is 2.26. The van der Waals surface area contributed by atoms with E-state index in [0.29, 0.717) is 24.7 Å². The van der Waals surface area contributed by atoms with Gasteiger partial charge in [0.15, 0.2) is 0 Å².